The van der Waals surface area contributed by atoms with E-state index in [9.17, 15) is 9.90 Å². The van der Waals surface area contributed by atoms with Gasteiger partial charge in [-0.2, -0.15) is 4.98 Å². The summed E-state index contributed by atoms with van der Waals surface area (Å²) in [7, 11) is 0. The summed E-state index contributed by atoms with van der Waals surface area (Å²) in [6.45, 7) is 4.61. The Balaban J connectivity index is 1.25. The molecule has 1 atom stereocenters. The highest BCUT2D eigenvalue weighted by Crippen LogP contribution is 2.19. The third-order valence-electron chi connectivity index (χ3n) is 5.24. The summed E-state index contributed by atoms with van der Waals surface area (Å²) in [5.41, 5.74) is 5.09. The van der Waals surface area contributed by atoms with Gasteiger partial charge >= 0.3 is 0 Å². The first-order chi connectivity index (χ1) is 15.0. The number of imidazole rings is 1. The van der Waals surface area contributed by atoms with Crippen LogP contribution < -0.4 is 5.32 Å². The van der Waals surface area contributed by atoms with Gasteiger partial charge in [0.1, 0.15) is 0 Å². The van der Waals surface area contributed by atoms with Crippen LogP contribution in [-0.2, 0) is 17.8 Å². The van der Waals surface area contributed by atoms with Crippen LogP contribution in [0.5, 0.6) is 0 Å². The number of aliphatic hydroxyl groups excluding tert-OH is 1. The number of rotatable bonds is 8. The lowest BCUT2D eigenvalue weighted by atomic mass is 10.1. The number of nitrogens with zero attached hydrogens (tertiary/aromatic N) is 4. The fourth-order valence-electron chi connectivity index (χ4n) is 3.35. The molecule has 2 aromatic heterocycles. The maximum absolute atomic E-state index is 12.2. The van der Waals surface area contributed by atoms with Crippen LogP contribution in [0.25, 0.3) is 22.4 Å². The highest BCUT2D eigenvalue weighted by Gasteiger charge is 2.13. The predicted octanol–water partition coefficient (Wildman–Crippen LogP) is 2.81. The van der Waals surface area contributed by atoms with Crippen molar-refractivity contribution in [3.63, 3.8) is 0 Å². The molecular formula is C23H25N5O3. The number of aromatic nitrogens is 4. The standard InChI is InChI=1S/C23H25N5O3/c1-15-10-19-20(11-16(15)2)28(14-25-19)13-18(29)12-24-21(30)8-9-22-26-23(27-31-22)17-6-4-3-5-7-17/h3-7,10-11,14,18,29H,8-9,12-13H2,1-2H3,(H,24,30)/t18-/m0/s1. The second-order valence-electron chi connectivity index (χ2n) is 7.66. The number of aryl methyl sites for hydroxylation is 3. The normalized spacial score (nSPS) is 12.2. The van der Waals surface area contributed by atoms with Crippen molar-refractivity contribution in [2.75, 3.05) is 6.54 Å². The van der Waals surface area contributed by atoms with E-state index >= 15 is 0 Å². The molecule has 8 nitrogen and oxygen atoms in total. The number of benzene rings is 2. The molecule has 0 saturated carbocycles. The lowest BCUT2D eigenvalue weighted by Gasteiger charge is -2.13. The van der Waals surface area contributed by atoms with E-state index in [0.717, 1.165) is 16.6 Å². The van der Waals surface area contributed by atoms with Crippen LogP contribution in [0.4, 0.5) is 0 Å². The van der Waals surface area contributed by atoms with E-state index in [2.05, 4.69) is 40.4 Å². The maximum atomic E-state index is 12.2. The van der Waals surface area contributed by atoms with E-state index < -0.39 is 6.10 Å². The number of fused-ring (bicyclic) bond motifs is 1. The van der Waals surface area contributed by atoms with E-state index in [0.29, 0.717) is 24.7 Å². The SMILES string of the molecule is Cc1cc2ncn(C[C@@H](O)CNC(=O)CCc3nc(-c4ccccc4)no3)c2cc1C. The molecule has 2 N–H and O–H groups in total. The number of hydrogen-bond acceptors (Lipinski definition) is 6. The molecule has 0 radical (unpaired) electrons. The Morgan fingerprint density at radius 2 is 1.97 bits per heavy atom. The summed E-state index contributed by atoms with van der Waals surface area (Å²) >= 11 is 0. The van der Waals surface area contributed by atoms with Crippen LogP contribution in [0.3, 0.4) is 0 Å². The van der Waals surface area contributed by atoms with Gasteiger partial charge in [-0.25, -0.2) is 4.98 Å². The number of carbonyl (C=O) groups excluding carboxylic acids is 1. The van der Waals surface area contributed by atoms with E-state index in [-0.39, 0.29) is 18.9 Å². The Labute approximate surface area is 179 Å². The van der Waals surface area contributed by atoms with Crippen molar-refractivity contribution >= 4 is 16.9 Å². The molecule has 0 spiro atoms. The van der Waals surface area contributed by atoms with Crippen LogP contribution in [0.15, 0.2) is 53.3 Å². The van der Waals surface area contributed by atoms with E-state index in [1.165, 1.54) is 11.1 Å². The summed E-state index contributed by atoms with van der Waals surface area (Å²) in [5, 5.41) is 17.1. The summed E-state index contributed by atoms with van der Waals surface area (Å²) < 4.78 is 7.13. The third kappa shape index (κ3) is 4.97. The number of aliphatic hydroxyl groups is 1. The molecule has 0 bridgehead atoms. The summed E-state index contributed by atoms with van der Waals surface area (Å²) in [6, 6.07) is 13.6. The molecule has 0 aliphatic heterocycles. The molecule has 0 saturated heterocycles. The van der Waals surface area contributed by atoms with Crippen LogP contribution >= 0.6 is 0 Å². The Morgan fingerprint density at radius 3 is 2.77 bits per heavy atom. The first-order valence-corrected chi connectivity index (χ1v) is 10.2. The van der Waals surface area contributed by atoms with Gasteiger partial charge in [0.25, 0.3) is 0 Å². The van der Waals surface area contributed by atoms with Gasteiger partial charge in [-0.15, -0.1) is 0 Å². The molecule has 0 unspecified atom stereocenters. The topological polar surface area (TPSA) is 106 Å². The van der Waals surface area contributed by atoms with Crippen molar-refractivity contribution in [2.24, 2.45) is 0 Å². The lowest BCUT2D eigenvalue weighted by Crippen LogP contribution is -2.34. The first kappa shape index (κ1) is 20.7. The Bertz CT molecular complexity index is 1180. The van der Waals surface area contributed by atoms with Gasteiger partial charge in [0.15, 0.2) is 0 Å². The lowest BCUT2D eigenvalue weighted by molar-refractivity contribution is -0.121. The quantitative estimate of drug-likeness (QED) is 0.455. The van der Waals surface area contributed by atoms with Crippen molar-refractivity contribution < 1.29 is 14.4 Å². The fourth-order valence-corrected chi connectivity index (χ4v) is 3.35. The van der Waals surface area contributed by atoms with Crippen LogP contribution in [0.1, 0.15) is 23.4 Å². The molecule has 4 aromatic rings. The van der Waals surface area contributed by atoms with Crippen LogP contribution in [0.2, 0.25) is 0 Å². The molecule has 4 rings (SSSR count). The molecule has 0 fully saturated rings. The monoisotopic (exact) mass is 419 g/mol. The molecule has 160 valence electrons. The number of nitrogens with one attached hydrogen (secondary N) is 1. The van der Waals surface area contributed by atoms with Crippen LogP contribution in [0, 0.1) is 13.8 Å². The van der Waals surface area contributed by atoms with Crippen LogP contribution in [-0.4, -0.2) is 43.4 Å². The zero-order valence-electron chi connectivity index (χ0n) is 17.6. The first-order valence-electron chi connectivity index (χ1n) is 10.2. The van der Waals surface area contributed by atoms with Gasteiger partial charge in [-0.1, -0.05) is 35.5 Å². The summed E-state index contributed by atoms with van der Waals surface area (Å²) in [5.74, 6) is 0.731. The second-order valence-corrected chi connectivity index (χ2v) is 7.66. The number of carbonyl (C=O) groups is 1. The molecule has 2 aromatic carbocycles. The maximum Gasteiger partial charge on any atom is 0.227 e. The summed E-state index contributed by atoms with van der Waals surface area (Å²) in [6.07, 6.45) is 1.53. The van der Waals surface area contributed by atoms with Gasteiger partial charge in [-0.3, -0.25) is 4.79 Å². The molecule has 0 aliphatic carbocycles. The number of amides is 1. The van der Waals surface area contributed by atoms with Gasteiger partial charge in [0.2, 0.25) is 17.6 Å². The van der Waals surface area contributed by atoms with E-state index in [1.54, 1.807) is 6.33 Å². The zero-order chi connectivity index (χ0) is 21.8. The molecule has 8 heteroatoms. The smallest absolute Gasteiger partial charge is 0.227 e. The Morgan fingerprint density at radius 1 is 1.19 bits per heavy atom. The van der Waals surface area contributed by atoms with Crippen molar-refractivity contribution in [1.82, 2.24) is 25.0 Å². The molecular weight excluding hydrogens is 394 g/mol. The van der Waals surface area contributed by atoms with Crippen molar-refractivity contribution in [2.45, 2.75) is 39.3 Å². The number of hydrogen-bond donors (Lipinski definition) is 2. The van der Waals surface area contributed by atoms with Gasteiger partial charge in [0, 0.05) is 24.9 Å². The second kappa shape index (κ2) is 9.09. The highest BCUT2D eigenvalue weighted by molar-refractivity contribution is 5.77. The summed E-state index contributed by atoms with van der Waals surface area (Å²) in [4.78, 5) is 20.9. The third-order valence-corrected chi connectivity index (χ3v) is 5.24. The zero-order valence-corrected chi connectivity index (χ0v) is 17.6. The minimum absolute atomic E-state index is 0.155. The minimum Gasteiger partial charge on any atom is -0.389 e. The van der Waals surface area contributed by atoms with Crippen molar-refractivity contribution in [3.05, 3.63) is 65.8 Å². The van der Waals surface area contributed by atoms with Gasteiger partial charge in [0.05, 0.1) is 30.0 Å². The van der Waals surface area contributed by atoms with Crippen molar-refractivity contribution in [3.8, 4) is 11.4 Å². The Kier molecular flexibility index (Phi) is 6.08. The molecule has 2 heterocycles. The average Bonchev–Trinajstić information content (AvgIpc) is 3.39. The Hall–Kier alpha value is -3.52. The predicted molar refractivity (Wildman–Crippen MR) is 116 cm³/mol. The largest absolute Gasteiger partial charge is 0.389 e. The van der Waals surface area contributed by atoms with Gasteiger partial charge < -0.3 is 19.5 Å². The van der Waals surface area contributed by atoms with E-state index in [1.807, 2.05) is 41.0 Å². The molecule has 31 heavy (non-hydrogen) atoms. The highest BCUT2D eigenvalue weighted by atomic mass is 16.5. The van der Waals surface area contributed by atoms with Crippen molar-refractivity contribution in [1.29, 1.82) is 0 Å². The fraction of sp³-hybridized carbons (Fsp3) is 0.304. The minimum atomic E-state index is -0.726. The van der Waals surface area contributed by atoms with E-state index in [4.69, 9.17) is 4.52 Å². The molecule has 0 aliphatic rings. The molecule has 1 amide bonds. The average molecular weight is 419 g/mol. The van der Waals surface area contributed by atoms with Gasteiger partial charge in [-0.05, 0) is 37.1 Å².